The summed E-state index contributed by atoms with van der Waals surface area (Å²) < 4.78 is 0. The third-order valence-corrected chi connectivity index (χ3v) is 4.37. The Morgan fingerprint density at radius 3 is 2.91 bits per heavy atom. The van der Waals surface area contributed by atoms with E-state index >= 15 is 0 Å². The number of hydrogen-bond acceptors (Lipinski definition) is 3. The summed E-state index contributed by atoms with van der Waals surface area (Å²) in [5, 5.41) is 9.23. The lowest BCUT2D eigenvalue weighted by Gasteiger charge is -2.16. The maximum Gasteiger partial charge on any atom is 0.335 e. The van der Waals surface area contributed by atoms with E-state index in [2.05, 4.69) is 16.0 Å². The van der Waals surface area contributed by atoms with Crippen LogP contribution in [0.25, 0.3) is 0 Å². The zero-order valence-corrected chi connectivity index (χ0v) is 12.5. The highest BCUT2D eigenvalue weighted by Gasteiger charge is 2.23. The largest absolute Gasteiger partial charge is 0.478 e. The van der Waals surface area contributed by atoms with Gasteiger partial charge >= 0.3 is 5.97 Å². The summed E-state index contributed by atoms with van der Waals surface area (Å²) in [6.07, 6.45) is 5.68. The minimum atomic E-state index is -0.842. The van der Waals surface area contributed by atoms with Gasteiger partial charge in [0.05, 0.1) is 5.56 Å². The molecule has 1 saturated heterocycles. The third kappa shape index (κ3) is 3.34. The highest BCUT2D eigenvalue weighted by atomic mass is 16.4. The Kier molecular flexibility index (Phi) is 4.49. The molecule has 1 aliphatic rings. The number of nitrogens with zero attached hydrogens (tertiary/aromatic N) is 2. The van der Waals surface area contributed by atoms with Gasteiger partial charge in [-0.25, -0.2) is 4.79 Å². The van der Waals surface area contributed by atoms with Gasteiger partial charge in [0.1, 0.15) is 0 Å². The first kappa shape index (κ1) is 14.7. The molecule has 1 aliphatic heterocycles. The zero-order chi connectivity index (χ0) is 15.4. The summed E-state index contributed by atoms with van der Waals surface area (Å²) in [6.45, 7) is 3.00. The van der Waals surface area contributed by atoms with E-state index in [-0.39, 0.29) is 0 Å². The molecule has 0 radical (unpaired) electrons. The zero-order valence-electron chi connectivity index (χ0n) is 12.5. The van der Waals surface area contributed by atoms with Crippen LogP contribution in [0.4, 0.5) is 0 Å². The summed E-state index contributed by atoms with van der Waals surface area (Å²) in [5.41, 5.74) is 2.64. The molecular weight excluding hydrogens is 276 g/mol. The number of benzene rings is 1. The second kappa shape index (κ2) is 6.71. The van der Waals surface area contributed by atoms with Gasteiger partial charge in [0.15, 0.2) is 0 Å². The van der Waals surface area contributed by atoms with Crippen molar-refractivity contribution in [1.29, 1.82) is 0 Å². The molecule has 114 valence electrons. The fourth-order valence-electron chi connectivity index (χ4n) is 3.15. The molecule has 0 spiro atoms. The van der Waals surface area contributed by atoms with Crippen molar-refractivity contribution in [2.75, 3.05) is 19.6 Å². The molecule has 2 aromatic rings. The van der Waals surface area contributed by atoms with Gasteiger partial charge in [-0.1, -0.05) is 24.3 Å². The molecule has 1 atom stereocenters. The molecule has 1 aromatic heterocycles. The van der Waals surface area contributed by atoms with Crippen molar-refractivity contribution in [3.05, 3.63) is 65.5 Å². The molecule has 0 bridgehead atoms. The molecule has 3 rings (SSSR count). The van der Waals surface area contributed by atoms with Crippen molar-refractivity contribution in [3.8, 4) is 0 Å². The van der Waals surface area contributed by atoms with Gasteiger partial charge in [-0.05, 0) is 48.6 Å². The summed E-state index contributed by atoms with van der Waals surface area (Å²) in [5.74, 6) is -0.298. The van der Waals surface area contributed by atoms with E-state index in [1.165, 1.54) is 5.56 Å². The number of aromatic nitrogens is 1. The summed E-state index contributed by atoms with van der Waals surface area (Å²) in [4.78, 5) is 17.8. The van der Waals surface area contributed by atoms with E-state index in [1.807, 2.05) is 24.4 Å². The Morgan fingerprint density at radius 1 is 1.27 bits per heavy atom. The number of carboxylic acids is 1. The first-order valence-electron chi connectivity index (χ1n) is 7.67. The fourth-order valence-corrected chi connectivity index (χ4v) is 3.15. The first-order chi connectivity index (χ1) is 10.7. The van der Waals surface area contributed by atoms with Crippen molar-refractivity contribution in [1.82, 2.24) is 9.88 Å². The molecule has 0 saturated carbocycles. The molecule has 1 unspecified atom stereocenters. The number of likely N-dealkylation sites (tertiary alicyclic amines) is 1. The number of rotatable bonds is 5. The van der Waals surface area contributed by atoms with Crippen molar-refractivity contribution in [3.63, 3.8) is 0 Å². The molecule has 0 amide bonds. The second-order valence-electron chi connectivity index (χ2n) is 5.78. The topological polar surface area (TPSA) is 53.4 Å². The van der Waals surface area contributed by atoms with Gasteiger partial charge in [-0.15, -0.1) is 0 Å². The van der Waals surface area contributed by atoms with Gasteiger partial charge in [0.25, 0.3) is 0 Å². The van der Waals surface area contributed by atoms with Gasteiger partial charge in [0, 0.05) is 25.5 Å². The van der Waals surface area contributed by atoms with Crippen LogP contribution in [0.3, 0.4) is 0 Å². The number of aromatic carboxylic acids is 1. The number of carboxylic acid groups (broad SMARTS) is 1. The van der Waals surface area contributed by atoms with E-state index in [0.29, 0.717) is 11.5 Å². The Balaban J connectivity index is 1.59. The molecule has 2 heterocycles. The fraction of sp³-hybridized carbons (Fsp3) is 0.333. The normalized spacial score (nSPS) is 18.5. The minimum Gasteiger partial charge on any atom is -0.478 e. The molecule has 4 heteroatoms. The van der Waals surface area contributed by atoms with Crippen molar-refractivity contribution in [2.24, 2.45) is 0 Å². The Hall–Kier alpha value is -2.20. The van der Waals surface area contributed by atoms with Crippen LogP contribution >= 0.6 is 0 Å². The van der Waals surface area contributed by atoms with Crippen LogP contribution in [-0.2, 0) is 6.42 Å². The maximum atomic E-state index is 11.2. The van der Waals surface area contributed by atoms with E-state index in [4.69, 9.17) is 0 Å². The summed E-state index contributed by atoms with van der Waals surface area (Å²) in [6, 6.07) is 11.4. The van der Waals surface area contributed by atoms with Crippen molar-refractivity contribution >= 4 is 5.97 Å². The second-order valence-corrected chi connectivity index (χ2v) is 5.78. The summed E-state index contributed by atoms with van der Waals surface area (Å²) >= 11 is 0. The molecular formula is C18H20N2O2. The van der Waals surface area contributed by atoms with Crippen LogP contribution in [0.2, 0.25) is 0 Å². The standard InChI is InChI=1S/C18H20N2O2/c21-18(22)17-6-2-1-4-14(17)7-10-20-11-8-16(13-20)15-5-3-9-19-12-15/h1-6,9,12,16H,7-8,10-11,13H2,(H,21,22). The van der Waals surface area contributed by atoms with Gasteiger partial charge in [-0.3, -0.25) is 4.98 Å². The first-order valence-corrected chi connectivity index (χ1v) is 7.67. The van der Waals surface area contributed by atoms with Crippen LogP contribution in [0.15, 0.2) is 48.8 Å². The van der Waals surface area contributed by atoms with Crippen LogP contribution in [0.5, 0.6) is 0 Å². The molecule has 22 heavy (non-hydrogen) atoms. The van der Waals surface area contributed by atoms with E-state index in [9.17, 15) is 9.90 Å². The quantitative estimate of drug-likeness (QED) is 0.922. The van der Waals surface area contributed by atoms with Gasteiger partial charge in [-0.2, -0.15) is 0 Å². The lowest BCUT2D eigenvalue weighted by Crippen LogP contribution is -2.23. The lowest BCUT2D eigenvalue weighted by atomic mass is 10.0. The highest BCUT2D eigenvalue weighted by molar-refractivity contribution is 5.89. The average molecular weight is 296 g/mol. The monoisotopic (exact) mass is 296 g/mol. The maximum absolute atomic E-state index is 11.2. The van der Waals surface area contributed by atoms with Crippen LogP contribution in [-0.4, -0.2) is 40.6 Å². The lowest BCUT2D eigenvalue weighted by molar-refractivity contribution is 0.0695. The third-order valence-electron chi connectivity index (χ3n) is 4.37. The van der Waals surface area contributed by atoms with E-state index in [1.54, 1.807) is 18.3 Å². The van der Waals surface area contributed by atoms with Gasteiger partial charge in [0.2, 0.25) is 0 Å². The van der Waals surface area contributed by atoms with Crippen LogP contribution in [0.1, 0.15) is 33.8 Å². The highest BCUT2D eigenvalue weighted by Crippen LogP contribution is 2.26. The Bertz CT molecular complexity index is 643. The summed E-state index contributed by atoms with van der Waals surface area (Å²) in [7, 11) is 0. The molecule has 4 nitrogen and oxygen atoms in total. The minimum absolute atomic E-state index is 0.422. The van der Waals surface area contributed by atoms with Crippen LogP contribution in [0, 0.1) is 0 Å². The molecule has 1 aromatic carbocycles. The van der Waals surface area contributed by atoms with E-state index < -0.39 is 5.97 Å². The molecule has 1 fully saturated rings. The van der Waals surface area contributed by atoms with E-state index in [0.717, 1.165) is 38.0 Å². The number of carbonyl (C=O) groups is 1. The van der Waals surface area contributed by atoms with Crippen molar-refractivity contribution in [2.45, 2.75) is 18.8 Å². The predicted octanol–water partition coefficient (Wildman–Crippen LogP) is 2.81. The van der Waals surface area contributed by atoms with Gasteiger partial charge < -0.3 is 10.0 Å². The Morgan fingerprint density at radius 2 is 2.14 bits per heavy atom. The van der Waals surface area contributed by atoms with Crippen LogP contribution < -0.4 is 0 Å². The predicted molar refractivity (Wildman–Crippen MR) is 85.1 cm³/mol. The number of pyridine rings is 1. The molecule has 1 N–H and O–H groups in total. The smallest absolute Gasteiger partial charge is 0.335 e. The average Bonchev–Trinajstić information content (AvgIpc) is 3.03. The SMILES string of the molecule is O=C(O)c1ccccc1CCN1CCC(c2cccnc2)C1. The van der Waals surface area contributed by atoms with Crippen molar-refractivity contribution < 1.29 is 9.90 Å². The Labute approximate surface area is 130 Å². The number of hydrogen-bond donors (Lipinski definition) is 1. The molecule has 0 aliphatic carbocycles.